The van der Waals surface area contributed by atoms with Crippen LogP contribution in [-0.2, 0) is 9.53 Å². The zero-order valence-electron chi connectivity index (χ0n) is 32.2. The largest absolute Gasteiger partial charge is 0.464 e. The maximum Gasteiger partial charge on any atom is 0.312 e. The van der Waals surface area contributed by atoms with Gasteiger partial charge in [-0.2, -0.15) is 0 Å². The minimum Gasteiger partial charge on any atom is -0.464 e. The second-order valence-corrected chi connectivity index (χ2v) is 19.1. The summed E-state index contributed by atoms with van der Waals surface area (Å²) in [6.07, 6.45) is 11.5. The van der Waals surface area contributed by atoms with Gasteiger partial charge in [-0.15, -0.1) is 0 Å². The molecule has 0 aromatic heterocycles. The van der Waals surface area contributed by atoms with Crippen LogP contribution in [0.1, 0.15) is 117 Å². The summed E-state index contributed by atoms with van der Waals surface area (Å²) in [7, 11) is 0. The van der Waals surface area contributed by atoms with Crippen LogP contribution < -0.4 is 0 Å². The monoisotopic (exact) mass is 708 g/mol. The Morgan fingerprint density at radius 2 is 1.63 bits per heavy atom. The minimum absolute atomic E-state index is 0.0256. The quantitative estimate of drug-likeness (QED) is 0.246. The molecule has 1 amide bonds. The number of esters is 1. The minimum atomic E-state index is -0.838. The molecule has 1 N–H and O–H groups in total. The third-order valence-corrected chi connectivity index (χ3v) is 16.8. The van der Waals surface area contributed by atoms with Crippen LogP contribution in [0.25, 0.3) is 0 Å². The molecule has 51 heavy (non-hydrogen) atoms. The Balaban J connectivity index is 1.05. The molecule has 5 aliphatic carbocycles. The lowest BCUT2D eigenvalue weighted by atomic mass is 9.33. The number of amides is 1. The van der Waals surface area contributed by atoms with Gasteiger partial charge in [-0.05, 0) is 121 Å². The van der Waals surface area contributed by atoms with E-state index in [0.717, 1.165) is 63.5 Å². The normalized spacial score (nSPS) is 42.1. The molecule has 10 atom stereocenters. The summed E-state index contributed by atoms with van der Waals surface area (Å²) in [5.41, 5.74) is 1.22. The van der Waals surface area contributed by atoms with Gasteiger partial charge in [0.1, 0.15) is 18.2 Å². The molecule has 1 saturated heterocycles. The average Bonchev–Trinajstić information content (AvgIpc) is 3.08. The fraction of sp³-hybridized carbons (Fsp3) is 0.767. The number of piperazine rings is 1. The molecule has 6 aliphatic rings. The second kappa shape index (κ2) is 12.9. The predicted molar refractivity (Wildman–Crippen MR) is 195 cm³/mol. The summed E-state index contributed by atoms with van der Waals surface area (Å²) in [5.74, 6) is 0.204. The van der Waals surface area contributed by atoms with Crippen LogP contribution in [0.5, 0.6) is 0 Å². The van der Waals surface area contributed by atoms with Crippen molar-refractivity contribution in [2.75, 3.05) is 39.3 Å². The van der Waals surface area contributed by atoms with E-state index in [-0.39, 0.29) is 45.2 Å². The fourth-order valence-electron chi connectivity index (χ4n) is 13.3. The first-order valence-electron chi connectivity index (χ1n) is 20.0. The van der Waals surface area contributed by atoms with E-state index in [4.69, 9.17) is 4.74 Å². The maximum absolute atomic E-state index is 14.5. The molecule has 1 heterocycles. The smallest absolute Gasteiger partial charge is 0.312 e. The highest BCUT2D eigenvalue weighted by Gasteiger charge is 2.69. The number of benzene rings is 1. The Morgan fingerprint density at radius 1 is 0.902 bits per heavy atom. The number of aliphatic hydroxyl groups excluding tert-OH is 1. The number of ether oxygens (including phenoxy) is 1. The molecule has 1 aromatic rings. The summed E-state index contributed by atoms with van der Waals surface area (Å²) in [4.78, 5) is 31.2. The average molecular weight is 709 g/mol. The highest BCUT2D eigenvalue weighted by atomic mass is 19.1. The van der Waals surface area contributed by atoms with Crippen molar-refractivity contribution >= 4 is 11.9 Å². The molecule has 6 nitrogen and oxygen atoms in total. The van der Waals surface area contributed by atoms with Crippen molar-refractivity contribution in [3.05, 3.63) is 47.0 Å². The molecule has 1 aliphatic heterocycles. The van der Waals surface area contributed by atoms with Crippen LogP contribution in [0.15, 0.2) is 29.8 Å². The number of aliphatic hydroxyl groups is 1. The van der Waals surface area contributed by atoms with Gasteiger partial charge in [0, 0.05) is 38.8 Å². The van der Waals surface area contributed by atoms with Crippen LogP contribution in [-0.4, -0.2) is 72.2 Å². The number of carbonyl (C=O) groups is 2. The molecule has 0 radical (unpaired) electrons. The van der Waals surface area contributed by atoms with Crippen LogP contribution in [0.4, 0.5) is 8.78 Å². The number of hydrogen-bond acceptors (Lipinski definition) is 5. The SMILES string of the molecule is C[C@H]1[C@H](C)CC[C@]2(C(=O)OCCN3CCN(C(=O)c4ccc(F)cc4F)CC3)CC[C@]3(C)C(=CC[C@@H]4[C@@]5(C)CC[C@H](O)C(C)(C)[C@@H]5CC[C@]43C)[C@H]12. The Bertz CT molecular complexity index is 1570. The summed E-state index contributed by atoms with van der Waals surface area (Å²) >= 11 is 0. The summed E-state index contributed by atoms with van der Waals surface area (Å²) in [5, 5.41) is 11.1. The fourth-order valence-corrected chi connectivity index (χ4v) is 13.3. The van der Waals surface area contributed by atoms with Gasteiger partial charge in [0.15, 0.2) is 0 Å². The topological polar surface area (TPSA) is 70.1 Å². The van der Waals surface area contributed by atoms with Gasteiger partial charge >= 0.3 is 5.97 Å². The summed E-state index contributed by atoms with van der Waals surface area (Å²) in [6, 6.07) is 3.07. The highest BCUT2D eigenvalue weighted by Crippen LogP contribution is 2.75. The van der Waals surface area contributed by atoms with Crippen LogP contribution in [0, 0.1) is 68.3 Å². The van der Waals surface area contributed by atoms with Crippen molar-refractivity contribution < 1.29 is 28.2 Å². The van der Waals surface area contributed by atoms with E-state index in [0.29, 0.717) is 63.0 Å². The molecule has 0 bridgehead atoms. The van der Waals surface area contributed by atoms with Crippen molar-refractivity contribution in [2.24, 2.45) is 56.7 Å². The first kappa shape index (κ1) is 37.0. The van der Waals surface area contributed by atoms with Crippen molar-refractivity contribution in [2.45, 2.75) is 112 Å². The van der Waals surface area contributed by atoms with Crippen LogP contribution >= 0.6 is 0 Å². The third-order valence-electron chi connectivity index (χ3n) is 16.8. The zero-order valence-corrected chi connectivity index (χ0v) is 32.2. The first-order valence-corrected chi connectivity index (χ1v) is 20.0. The Morgan fingerprint density at radius 3 is 2.33 bits per heavy atom. The standard InChI is InChI=1S/C43H62F2N2O4/c1-27-12-17-43(38(50)51-25-24-46-20-22-47(23-21-46)37(49)30-9-8-29(44)26-32(30)45)19-18-41(6)31(36(43)28(27)2)10-11-34-40(5)15-14-35(48)39(3,4)33(40)13-16-42(34,41)7/h8-10,26-28,33-36,48H,11-25H2,1-7H3/t27-,28+,33+,34-,35+,36+,40+,41-,42-,43+/m1/s1. The molecular weight excluding hydrogens is 646 g/mol. The van der Waals surface area contributed by atoms with E-state index < -0.39 is 23.0 Å². The van der Waals surface area contributed by atoms with E-state index in [1.807, 2.05) is 0 Å². The molecule has 1 aromatic carbocycles. The van der Waals surface area contributed by atoms with E-state index in [9.17, 15) is 23.5 Å². The third kappa shape index (κ3) is 5.57. The maximum atomic E-state index is 14.5. The van der Waals surface area contributed by atoms with E-state index in [1.165, 1.54) is 12.5 Å². The van der Waals surface area contributed by atoms with Crippen molar-refractivity contribution in [1.82, 2.24) is 9.80 Å². The molecule has 8 heteroatoms. The van der Waals surface area contributed by atoms with Gasteiger partial charge in [-0.25, -0.2) is 8.78 Å². The number of nitrogens with zero attached hydrogens (tertiary/aromatic N) is 2. The van der Waals surface area contributed by atoms with Gasteiger partial charge in [-0.3, -0.25) is 14.5 Å². The molecule has 0 unspecified atom stereocenters. The second-order valence-electron chi connectivity index (χ2n) is 19.1. The lowest BCUT2D eigenvalue weighted by Gasteiger charge is -2.71. The van der Waals surface area contributed by atoms with E-state index in [2.05, 4.69) is 59.4 Å². The molecule has 282 valence electrons. The number of carbonyl (C=O) groups excluding carboxylic acids is 2. The highest BCUT2D eigenvalue weighted by molar-refractivity contribution is 5.94. The van der Waals surface area contributed by atoms with Gasteiger partial charge in [0.05, 0.1) is 17.1 Å². The number of allylic oxidation sites excluding steroid dienone is 2. The summed E-state index contributed by atoms with van der Waals surface area (Å²) < 4.78 is 33.9. The van der Waals surface area contributed by atoms with Crippen LogP contribution in [0.3, 0.4) is 0 Å². The van der Waals surface area contributed by atoms with Crippen molar-refractivity contribution in [3.63, 3.8) is 0 Å². The van der Waals surface area contributed by atoms with Crippen LogP contribution in [0.2, 0.25) is 0 Å². The Kier molecular flexibility index (Phi) is 9.38. The Hall–Kier alpha value is -2.32. The van der Waals surface area contributed by atoms with Gasteiger partial charge in [0.2, 0.25) is 0 Å². The number of rotatable bonds is 5. The number of halogens is 2. The van der Waals surface area contributed by atoms with Crippen molar-refractivity contribution in [1.29, 1.82) is 0 Å². The van der Waals surface area contributed by atoms with E-state index in [1.54, 1.807) is 10.5 Å². The number of hydrogen-bond donors (Lipinski definition) is 1. The lowest BCUT2D eigenvalue weighted by molar-refractivity contribution is -0.207. The van der Waals surface area contributed by atoms with E-state index >= 15 is 0 Å². The first-order chi connectivity index (χ1) is 24.0. The zero-order chi connectivity index (χ0) is 36.7. The van der Waals surface area contributed by atoms with Gasteiger partial charge in [-0.1, -0.05) is 60.1 Å². The van der Waals surface area contributed by atoms with Gasteiger partial charge in [0.25, 0.3) is 5.91 Å². The molecule has 5 fully saturated rings. The molecule has 4 saturated carbocycles. The number of fused-ring (bicyclic) bond motifs is 7. The molecular formula is C43H62F2N2O4. The predicted octanol–water partition coefficient (Wildman–Crippen LogP) is 8.28. The van der Waals surface area contributed by atoms with Crippen molar-refractivity contribution in [3.8, 4) is 0 Å². The molecule has 7 rings (SSSR count). The van der Waals surface area contributed by atoms with Gasteiger partial charge < -0.3 is 14.7 Å². The summed E-state index contributed by atoms with van der Waals surface area (Å²) in [6.45, 7) is 20.1. The Labute approximate surface area is 304 Å². The molecule has 0 spiro atoms. The lowest BCUT2D eigenvalue weighted by Crippen LogP contribution is -2.65.